The van der Waals surface area contributed by atoms with Crippen molar-refractivity contribution in [2.45, 2.75) is 60.8 Å². The molecule has 0 aliphatic heterocycles. The second-order valence-corrected chi connectivity index (χ2v) is 7.51. The molecule has 2 atom stereocenters. The third-order valence-electron chi connectivity index (χ3n) is 4.45. The van der Waals surface area contributed by atoms with Crippen molar-refractivity contribution < 1.29 is 4.79 Å². The van der Waals surface area contributed by atoms with Crippen molar-refractivity contribution in [3.05, 3.63) is 23.8 Å². The van der Waals surface area contributed by atoms with Gasteiger partial charge in [0, 0.05) is 13.1 Å². The normalized spacial score (nSPS) is 24.4. The molecule has 1 rings (SSSR count). The third kappa shape index (κ3) is 6.07. The highest BCUT2D eigenvalue weighted by molar-refractivity contribution is 5.87. The van der Waals surface area contributed by atoms with Crippen LogP contribution in [0.15, 0.2) is 23.8 Å². The molecule has 1 amide bonds. The molecule has 2 unspecified atom stereocenters. The molecule has 2 heteroatoms. The van der Waals surface area contributed by atoms with Gasteiger partial charge in [0.15, 0.2) is 0 Å². The lowest BCUT2D eigenvalue weighted by molar-refractivity contribution is -0.126. The maximum absolute atomic E-state index is 12.2. The zero-order chi connectivity index (χ0) is 16.0. The van der Waals surface area contributed by atoms with E-state index in [0.717, 1.165) is 13.1 Å². The molecule has 0 saturated heterocycles. The van der Waals surface area contributed by atoms with Gasteiger partial charge in [0.05, 0.1) is 0 Å². The monoisotopic (exact) mass is 291 g/mol. The van der Waals surface area contributed by atoms with Gasteiger partial charge in [-0.25, -0.2) is 0 Å². The largest absolute Gasteiger partial charge is 0.339 e. The minimum absolute atomic E-state index is 0.171. The number of hydrogen-bond donors (Lipinski definition) is 0. The molecule has 1 fully saturated rings. The fourth-order valence-corrected chi connectivity index (χ4v) is 2.99. The van der Waals surface area contributed by atoms with E-state index in [1.807, 2.05) is 17.9 Å². The van der Waals surface area contributed by atoms with E-state index in [1.54, 1.807) is 6.08 Å². The number of rotatable bonds is 8. The van der Waals surface area contributed by atoms with Crippen LogP contribution in [0, 0.1) is 17.3 Å². The summed E-state index contributed by atoms with van der Waals surface area (Å²) in [6.45, 7) is 14.8. The molecule has 1 aliphatic rings. The molecule has 21 heavy (non-hydrogen) atoms. The Hall–Kier alpha value is -1.05. The number of allylic oxidation sites excluding steroid dienone is 3. The average molecular weight is 291 g/mol. The van der Waals surface area contributed by atoms with Crippen LogP contribution in [0.5, 0.6) is 0 Å². The average Bonchev–Trinajstić information content (AvgIpc) is 2.98. The van der Waals surface area contributed by atoms with E-state index in [-0.39, 0.29) is 5.91 Å². The minimum atomic E-state index is 0.171. The topological polar surface area (TPSA) is 20.3 Å². The van der Waals surface area contributed by atoms with Gasteiger partial charge in [-0.3, -0.25) is 4.79 Å². The Labute approximate surface area is 131 Å². The molecule has 0 bridgehead atoms. The van der Waals surface area contributed by atoms with Crippen molar-refractivity contribution in [1.82, 2.24) is 4.90 Å². The predicted octanol–water partition coefficient (Wildman–Crippen LogP) is 4.82. The van der Waals surface area contributed by atoms with Crippen LogP contribution in [-0.4, -0.2) is 23.9 Å². The molecule has 2 nitrogen and oxygen atoms in total. The van der Waals surface area contributed by atoms with Crippen LogP contribution >= 0.6 is 0 Å². The second-order valence-electron chi connectivity index (χ2n) is 7.51. The van der Waals surface area contributed by atoms with Crippen LogP contribution in [0.25, 0.3) is 0 Å². The molecule has 0 spiro atoms. The Bertz CT molecular complexity index is 404. The molecule has 0 heterocycles. The van der Waals surface area contributed by atoms with Gasteiger partial charge in [-0.05, 0) is 63.4 Å². The molecule has 0 aromatic carbocycles. The van der Waals surface area contributed by atoms with Gasteiger partial charge in [-0.15, -0.1) is 0 Å². The maximum atomic E-state index is 12.2. The summed E-state index contributed by atoms with van der Waals surface area (Å²) in [5.74, 6) is 1.37. The smallest absolute Gasteiger partial charge is 0.246 e. The summed E-state index contributed by atoms with van der Waals surface area (Å²) < 4.78 is 0. The van der Waals surface area contributed by atoms with E-state index >= 15 is 0 Å². The highest BCUT2D eigenvalue weighted by Crippen LogP contribution is 2.55. The summed E-state index contributed by atoms with van der Waals surface area (Å²) in [7, 11) is 0. The van der Waals surface area contributed by atoms with Crippen molar-refractivity contribution in [2.24, 2.45) is 17.3 Å². The first-order valence-corrected chi connectivity index (χ1v) is 8.33. The van der Waals surface area contributed by atoms with Gasteiger partial charge >= 0.3 is 0 Å². The van der Waals surface area contributed by atoms with Crippen LogP contribution in [0.3, 0.4) is 0 Å². The van der Waals surface area contributed by atoms with Gasteiger partial charge in [-0.1, -0.05) is 38.5 Å². The van der Waals surface area contributed by atoms with Crippen LogP contribution < -0.4 is 0 Å². The molecule has 0 radical (unpaired) electrons. The van der Waals surface area contributed by atoms with Crippen LogP contribution in [0.2, 0.25) is 0 Å². The van der Waals surface area contributed by atoms with Crippen LogP contribution in [0.4, 0.5) is 0 Å². The van der Waals surface area contributed by atoms with Crippen molar-refractivity contribution in [3.8, 4) is 0 Å². The Balaban J connectivity index is 2.53. The summed E-state index contributed by atoms with van der Waals surface area (Å²) in [6.07, 6.45) is 9.55. The molecule has 120 valence electrons. The standard InChI is InChI=1S/C19H33NO/c1-7-9-18(21)20(13-16(4)5)14-17-12-19(17,6)11-8-10-15(2)3/h7,9-10,16-17H,8,11-14H2,1-6H3/b9-7+. The predicted molar refractivity (Wildman–Crippen MR) is 91.1 cm³/mol. The fourth-order valence-electron chi connectivity index (χ4n) is 2.99. The Morgan fingerprint density at radius 1 is 1.38 bits per heavy atom. The molecule has 0 N–H and O–H groups in total. The fraction of sp³-hybridized carbons (Fsp3) is 0.737. The summed E-state index contributed by atoms with van der Waals surface area (Å²) in [4.78, 5) is 14.2. The number of hydrogen-bond acceptors (Lipinski definition) is 1. The molecular formula is C19H33NO. The molecular weight excluding hydrogens is 258 g/mol. The van der Waals surface area contributed by atoms with Gasteiger partial charge in [0.25, 0.3) is 0 Å². The van der Waals surface area contributed by atoms with E-state index in [9.17, 15) is 4.79 Å². The lowest BCUT2D eigenvalue weighted by Gasteiger charge is -2.24. The first kappa shape index (κ1) is 18.0. The zero-order valence-corrected chi connectivity index (χ0v) is 14.8. The van der Waals surface area contributed by atoms with Gasteiger partial charge < -0.3 is 4.90 Å². The summed E-state index contributed by atoms with van der Waals surface area (Å²) in [5.41, 5.74) is 1.85. The van der Waals surface area contributed by atoms with Gasteiger partial charge in [-0.2, -0.15) is 0 Å². The van der Waals surface area contributed by atoms with E-state index in [1.165, 1.54) is 24.8 Å². The van der Waals surface area contributed by atoms with Crippen LogP contribution in [0.1, 0.15) is 60.8 Å². The third-order valence-corrected chi connectivity index (χ3v) is 4.45. The summed E-state index contributed by atoms with van der Waals surface area (Å²) in [6, 6.07) is 0. The van der Waals surface area contributed by atoms with Crippen molar-refractivity contribution in [1.29, 1.82) is 0 Å². The van der Waals surface area contributed by atoms with Crippen LogP contribution in [-0.2, 0) is 4.79 Å². The second kappa shape index (κ2) is 7.82. The van der Waals surface area contributed by atoms with Crippen molar-refractivity contribution in [3.63, 3.8) is 0 Å². The first-order chi connectivity index (χ1) is 9.78. The van der Waals surface area contributed by atoms with Gasteiger partial charge in [0.2, 0.25) is 5.91 Å². The Morgan fingerprint density at radius 2 is 2.05 bits per heavy atom. The Kier molecular flexibility index (Phi) is 6.70. The van der Waals surface area contributed by atoms with E-state index < -0.39 is 0 Å². The first-order valence-electron chi connectivity index (χ1n) is 8.33. The van der Waals surface area contributed by atoms with E-state index in [0.29, 0.717) is 17.3 Å². The van der Waals surface area contributed by atoms with Crippen molar-refractivity contribution >= 4 is 5.91 Å². The lowest BCUT2D eigenvalue weighted by Crippen LogP contribution is -2.35. The number of carbonyl (C=O) groups is 1. The summed E-state index contributed by atoms with van der Waals surface area (Å²) in [5, 5.41) is 0. The number of amides is 1. The number of nitrogens with zero attached hydrogens (tertiary/aromatic N) is 1. The maximum Gasteiger partial charge on any atom is 0.246 e. The highest BCUT2D eigenvalue weighted by atomic mass is 16.2. The highest BCUT2D eigenvalue weighted by Gasteiger charge is 2.49. The van der Waals surface area contributed by atoms with Crippen molar-refractivity contribution in [2.75, 3.05) is 13.1 Å². The van der Waals surface area contributed by atoms with E-state index in [2.05, 4.69) is 40.7 Å². The SMILES string of the molecule is C/C=C/C(=O)N(CC(C)C)CC1CC1(C)CCC=C(C)C. The minimum Gasteiger partial charge on any atom is -0.339 e. The zero-order valence-electron chi connectivity index (χ0n) is 14.8. The van der Waals surface area contributed by atoms with Gasteiger partial charge in [0.1, 0.15) is 0 Å². The molecule has 1 aliphatic carbocycles. The molecule has 1 saturated carbocycles. The Morgan fingerprint density at radius 3 is 2.57 bits per heavy atom. The molecule has 0 aromatic rings. The lowest BCUT2D eigenvalue weighted by atomic mass is 9.98. The molecule has 0 aromatic heterocycles. The quantitative estimate of drug-likeness (QED) is 0.464. The van der Waals surface area contributed by atoms with E-state index in [4.69, 9.17) is 0 Å². The number of carbonyl (C=O) groups excluding carboxylic acids is 1. The summed E-state index contributed by atoms with van der Waals surface area (Å²) >= 11 is 0.